The third kappa shape index (κ3) is 4.09. The van der Waals surface area contributed by atoms with E-state index in [0.29, 0.717) is 6.61 Å². The molecule has 0 bridgehead atoms. The Morgan fingerprint density at radius 2 is 2.10 bits per heavy atom. The van der Waals surface area contributed by atoms with E-state index in [4.69, 9.17) is 4.74 Å². The van der Waals surface area contributed by atoms with Crippen LogP contribution in [0.25, 0.3) is 0 Å². The summed E-state index contributed by atoms with van der Waals surface area (Å²) in [7, 11) is 0. The van der Waals surface area contributed by atoms with Gasteiger partial charge in [0.05, 0.1) is 0 Å². The second-order valence-corrected chi connectivity index (χ2v) is 7.90. The van der Waals surface area contributed by atoms with Gasteiger partial charge < -0.3 is 10.1 Å². The van der Waals surface area contributed by atoms with Crippen molar-refractivity contribution in [2.24, 2.45) is 0 Å². The third-order valence-electron chi connectivity index (χ3n) is 3.75. The summed E-state index contributed by atoms with van der Waals surface area (Å²) in [5.41, 5.74) is 2.47. The number of rotatable bonds is 6. The minimum absolute atomic E-state index is 0.642. The molecular weight excluding hydrogens is 346 g/mol. The quantitative estimate of drug-likeness (QED) is 0.780. The van der Waals surface area contributed by atoms with Gasteiger partial charge in [0.1, 0.15) is 12.4 Å². The first-order chi connectivity index (χ1) is 10.1. The molecule has 2 nitrogen and oxygen atoms in total. The van der Waals surface area contributed by atoms with Crippen LogP contribution < -0.4 is 10.1 Å². The molecule has 1 heterocycles. The summed E-state index contributed by atoms with van der Waals surface area (Å²) >= 11 is 5.37. The maximum absolute atomic E-state index is 5.99. The molecule has 2 aromatic rings. The van der Waals surface area contributed by atoms with Gasteiger partial charge in [-0.3, -0.25) is 0 Å². The number of benzene rings is 1. The minimum Gasteiger partial charge on any atom is -0.489 e. The van der Waals surface area contributed by atoms with Crippen LogP contribution in [0.15, 0.2) is 28.7 Å². The van der Waals surface area contributed by atoms with Crippen molar-refractivity contribution in [3.8, 4) is 5.75 Å². The van der Waals surface area contributed by atoms with E-state index in [1.165, 1.54) is 33.7 Å². The van der Waals surface area contributed by atoms with Gasteiger partial charge in [0.2, 0.25) is 0 Å². The molecule has 112 valence electrons. The van der Waals surface area contributed by atoms with Crippen molar-refractivity contribution in [2.45, 2.75) is 45.9 Å². The van der Waals surface area contributed by atoms with Crippen LogP contribution in [0, 0.1) is 13.8 Å². The summed E-state index contributed by atoms with van der Waals surface area (Å²) in [5, 5.41) is 3.57. The van der Waals surface area contributed by atoms with E-state index in [0.717, 1.165) is 22.8 Å². The van der Waals surface area contributed by atoms with Gasteiger partial charge in [-0.2, -0.15) is 0 Å². The Labute approximate surface area is 138 Å². The Balaban J connectivity index is 1.62. The van der Waals surface area contributed by atoms with E-state index in [-0.39, 0.29) is 0 Å². The Morgan fingerprint density at radius 3 is 2.86 bits per heavy atom. The minimum atomic E-state index is 0.642. The van der Waals surface area contributed by atoms with Crippen LogP contribution in [0.4, 0.5) is 0 Å². The van der Waals surface area contributed by atoms with Gasteiger partial charge in [0.25, 0.3) is 0 Å². The molecule has 0 saturated heterocycles. The number of aryl methyl sites for hydroxylation is 2. The SMILES string of the molecule is Cc1ccc(Br)cc1OCc1cc(CNC2CC2)sc1C. The van der Waals surface area contributed by atoms with Crippen molar-refractivity contribution >= 4 is 27.3 Å². The second-order valence-electron chi connectivity index (χ2n) is 5.65. The highest BCUT2D eigenvalue weighted by Gasteiger charge is 2.20. The van der Waals surface area contributed by atoms with Gasteiger partial charge in [-0.1, -0.05) is 22.0 Å². The van der Waals surface area contributed by atoms with Crippen LogP contribution in [0.2, 0.25) is 0 Å². The summed E-state index contributed by atoms with van der Waals surface area (Å²) in [6, 6.07) is 9.19. The van der Waals surface area contributed by atoms with E-state index in [9.17, 15) is 0 Å². The smallest absolute Gasteiger partial charge is 0.123 e. The van der Waals surface area contributed by atoms with Gasteiger partial charge in [-0.05, 0) is 50.5 Å². The molecule has 0 atom stereocenters. The summed E-state index contributed by atoms with van der Waals surface area (Å²) in [6.07, 6.45) is 2.67. The summed E-state index contributed by atoms with van der Waals surface area (Å²) in [6.45, 7) is 5.89. The first-order valence-electron chi connectivity index (χ1n) is 7.32. The normalized spacial score (nSPS) is 14.4. The predicted molar refractivity (Wildman–Crippen MR) is 92.1 cm³/mol. The van der Waals surface area contributed by atoms with Crippen LogP contribution >= 0.6 is 27.3 Å². The lowest BCUT2D eigenvalue weighted by atomic mass is 10.2. The topological polar surface area (TPSA) is 21.3 Å². The number of thiophene rings is 1. The zero-order chi connectivity index (χ0) is 14.8. The van der Waals surface area contributed by atoms with Crippen LogP contribution in [0.5, 0.6) is 5.75 Å². The Kier molecular flexibility index (Phi) is 4.67. The van der Waals surface area contributed by atoms with Gasteiger partial charge >= 0.3 is 0 Å². The first kappa shape index (κ1) is 15.1. The molecule has 1 N–H and O–H groups in total. The van der Waals surface area contributed by atoms with Gasteiger partial charge in [0, 0.05) is 32.4 Å². The van der Waals surface area contributed by atoms with Gasteiger partial charge in [0.15, 0.2) is 0 Å². The lowest BCUT2D eigenvalue weighted by Gasteiger charge is -2.09. The largest absolute Gasteiger partial charge is 0.489 e. The number of ether oxygens (including phenoxy) is 1. The third-order valence-corrected chi connectivity index (χ3v) is 5.33. The fourth-order valence-corrected chi connectivity index (χ4v) is 3.57. The number of hydrogen-bond donors (Lipinski definition) is 1. The van der Waals surface area contributed by atoms with E-state index < -0.39 is 0 Å². The molecule has 1 aromatic heterocycles. The Morgan fingerprint density at radius 1 is 1.29 bits per heavy atom. The highest BCUT2D eigenvalue weighted by Crippen LogP contribution is 2.27. The Hall–Kier alpha value is -0.840. The van der Waals surface area contributed by atoms with E-state index in [2.05, 4.69) is 47.2 Å². The molecule has 1 aliphatic carbocycles. The fraction of sp³-hybridized carbons (Fsp3) is 0.412. The average Bonchev–Trinajstić information content (AvgIpc) is 3.22. The van der Waals surface area contributed by atoms with Gasteiger partial charge in [-0.25, -0.2) is 0 Å². The molecule has 0 aliphatic heterocycles. The molecule has 0 amide bonds. The monoisotopic (exact) mass is 365 g/mol. The molecule has 0 spiro atoms. The van der Waals surface area contributed by atoms with Crippen molar-refractivity contribution in [1.29, 1.82) is 0 Å². The highest BCUT2D eigenvalue weighted by atomic mass is 79.9. The van der Waals surface area contributed by atoms with Crippen molar-refractivity contribution in [2.75, 3.05) is 0 Å². The molecule has 0 radical (unpaired) electrons. The highest BCUT2D eigenvalue weighted by molar-refractivity contribution is 9.10. The van der Waals surface area contributed by atoms with Gasteiger partial charge in [-0.15, -0.1) is 11.3 Å². The summed E-state index contributed by atoms with van der Waals surface area (Å²) < 4.78 is 7.05. The number of hydrogen-bond acceptors (Lipinski definition) is 3. The molecular formula is C17H20BrNOS. The summed E-state index contributed by atoms with van der Waals surface area (Å²) in [5.74, 6) is 0.952. The molecule has 3 rings (SSSR count). The molecule has 21 heavy (non-hydrogen) atoms. The van der Waals surface area contributed by atoms with E-state index >= 15 is 0 Å². The lowest BCUT2D eigenvalue weighted by Crippen LogP contribution is -2.14. The molecule has 1 fully saturated rings. The standard InChI is InChI=1S/C17H20BrNOS/c1-11-3-4-14(18)8-17(11)20-10-13-7-16(21-12(13)2)9-19-15-5-6-15/h3-4,7-8,15,19H,5-6,9-10H2,1-2H3. The number of halogens is 1. The van der Waals surface area contributed by atoms with Crippen molar-refractivity contribution in [3.63, 3.8) is 0 Å². The maximum atomic E-state index is 5.99. The van der Waals surface area contributed by atoms with E-state index in [1.54, 1.807) is 0 Å². The fourth-order valence-electron chi connectivity index (χ4n) is 2.24. The van der Waals surface area contributed by atoms with Crippen molar-refractivity contribution < 1.29 is 4.74 Å². The maximum Gasteiger partial charge on any atom is 0.123 e. The second kappa shape index (κ2) is 6.51. The first-order valence-corrected chi connectivity index (χ1v) is 8.93. The van der Waals surface area contributed by atoms with Crippen LogP contribution in [0.1, 0.15) is 33.7 Å². The Bertz CT molecular complexity index is 634. The van der Waals surface area contributed by atoms with Crippen LogP contribution in [0.3, 0.4) is 0 Å². The zero-order valence-electron chi connectivity index (χ0n) is 12.4. The zero-order valence-corrected chi connectivity index (χ0v) is 14.8. The average molecular weight is 366 g/mol. The van der Waals surface area contributed by atoms with Crippen molar-refractivity contribution in [1.82, 2.24) is 5.32 Å². The molecule has 0 unspecified atom stereocenters. The predicted octanol–water partition coefficient (Wildman–Crippen LogP) is 4.96. The molecule has 4 heteroatoms. The van der Waals surface area contributed by atoms with Crippen LogP contribution in [-0.2, 0) is 13.2 Å². The van der Waals surface area contributed by atoms with E-state index in [1.807, 2.05) is 23.5 Å². The number of nitrogens with one attached hydrogen (secondary N) is 1. The van der Waals surface area contributed by atoms with Crippen molar-refractivity contribution in [3.05, 3.63) is 49.6 Å². The molecule has 1 aromatic carbocycles. The molecule has 1 saturated carbocycles. The molecule has 1 aliphatic rings. The van der Waals surface area contributed by atoms with Crippen LogP contribution in [-0.4, -0.2) is 6.04 Å². The summed E-state index contributed by atoms with van der Waals surface area (Å²) in [4.78, 5) is 2.76. The lowest BCUT2D eigenvalue weighted by molar-refractivity contribution is 0.303.